The summed E-state index contributed by atoms with van der Waals surface area (Å²) in [6.45, 7) is 1.11. The smallest absolute Gasteiger partial charge is 0.254 e. The van der Waals surface area contributed by atoms with Crippen molar-refractivity contribution >= 4 is 22.6 Å². The second kappa shape index (κ2) is 7.14. The maximum Gasteiger partial charge on any atom is 0.254 e. The molecule has 0 bridgehead atoms. The SMILES string of the molecule is CNC(=O)c1ccc(-c2ccc3[nH]ccc3c2)nc1NCCOC. The number of amides is 1. The van der Waals surface area contributed by atoms with Crippen LogP contribution in [0.25, 0.3) is 22.2 Å². The fraction of sp³-hybridized carbons (Fsp3) is 0.222. The number of carbonyl (C=O) groups excluding carboxylic acids is 1. The van der Waals surface area contributed by atoms with Crippen molar-refractivity contribution in [3.63, 3.8) is 0 Å². The van der Waals surface area contributed by atoms with E-state index < -0.39 is 0 Å². The van der Waals surface area contributed by atoms with E-state index in [-0.39, 0.29) is 5.91 Å². The van der Waals surface area contributed by atoms with Crippen molar-refractivity contribution in [1.29, 1.82) is 0 Å². The molecule has 1 aromatic carbocycles. The van der Waals surface area contributed by atoms with Crippen molar-refractivity contribution in [1.82, 2.24) is 15.3 Å². The molecule has 0 fully saturated rings. The molecule has 1 amide bonds. The van der Waals surface area contributed by atoms with Crippen molar-refractivity contribution in [3.8, 4) is 11.3 Å². The van der Waals surface area contributed by atoms with E-state index in [2.05, 4.69) is 26.7 Å². The van der Waals surface area contributed by atoms with Crippen LogP contribution in [0.1, 0.15) is 10.4 Å². The van der Waals surface area contributed by atoms with Crippen molar-refractivity contribution in [2.24, 2.45) is 0 Å². The third-order valence-corrected chi connectivity index (χ3v) is 3.81. The highest BCUT2D eigenvalue weighted by molar-refractivity contribution is 5.99. The van der Waals surface area contributed by atoms with Crippen molar-refractivity contribution in [3.05, 3.63) is 48.2 Å². The van der Waals surface area contributed by atoms with E-state index >= 15 is 0 Å². The number of nitrogens with zero attached hydrogens (tertiary/aromatic N) is 1. The van der Waals surface area contributed by atoms with Gasteiger partial charge in [0.05, 0.1) is 17.9 Å². The first-order valence-corrected chi connectivity index (χ1v) is 7.76. The van der Waals surface area contributed by atoms with Gasteiger partial charge in [-0.05, 0) is 30.3 Å². The summed E-state index contributed by atoms with van der Waals surface area (Å²) < 4.78 is 5.05. The van der Waals surface area contributed by atoms with Crippen LogP contribution in [0.15, 0.2) is 42.6 Å². The number of ether oxygens (including phenoxy) is 1. The number of aromatic amines is 1. The Balaban J connectivity index is 1.98. The first kappa shape index (κ1) is 16.0. The highest BCUT2D eigenvalue weighted by Gasteiger charge is 2.13. The van der Waals surface area contributed by atoms with Crippen LogP contribution in [0.4, 0.5) is 5.82 Å². The fourth-order valence-electron chi connectivity index (χ4n) is 2.56. The number of nitrogens with one attached hydrogen (secondary N) is 3. The zero-order chi connectivity index (χ0) is 16.9. The van der Waals surface area contributed by atoms with Crippen LogP contribution in [0.5, 0.6) is 0 Å². The van der Waals surface area contributed by atoms with Crippen LogP contribution in [0, 0.1) is 0 Å². The molecule has 0 aliphatic carbocycles. The molecule has 3 N–H and O–H groups in total. The molecule has 2 heterocycles. The molecule has 0 unspecified atom stereocenters. The van der Waals surface area contributed by atoms with Gasteiger partial charge in [-0.1, -0.05) is 6.07 Å². The Morgan fingerprint density at radius 1 is 1.25 bits per heavy atom. The summed E-state index contributed by atoms with van der Waals surface area (Å²) in [5.41, 5.74) is 3.41. The van der Waals surface area contributed by atoms with Gasteiger partial charge in [0, 0.05) is 43.4 Å². The van der Waals surface area contributed by atoms with Crippen molar-refractivity contribution < 1.29 is 9.53 Å². The molecule has 0 aliphatic heterocycles. The Labute approximate surface area is 140 Å². The molecule has 3 rings (SSSR count). The number of fused-ring (bicyclic) bond motifs is 1. The van der Waals surface area contributed by atoms with Crippen LogP contribution in [0.3, 0.4) is 0 Å². The number of rotatable bonds is 6. The minimum absolute atomic E-state index is 0.171. The number of methoxy groups -OCH3 is 1. The Bertz CT molecular complexity index is 857. The van der Waals surface area contributed by atoms with Gasteiger partial charge in [-0.2, -0.15) is 0 Å². The topological polar surface area (TPSA) is 79.0 Å². The Kier molecular flexibility index (Phi) is 4.77. The largest absolute Gasteiger partial charge is 0.383 e. The minimum atomic E-state index is -0.171. The Morgan fingerprint density at radius 2 is 2.12 bits per heavy atom. The zero-order valence-electron chi connectivity index (χ0n) is 13.7. The van der Waals surface area contributed by atoms with Gasteiger partial charge in [-0.25, -0.2) is 4.98 Å². The number of hydrogen-bond acceptors (Lipinski definition) is 4. The summed E-state index contributed by atoms with van der Waals surface area (Å²) in [5.74, 6) is 0.383. The van der Waals surface area contributed by atoms with Gasteiger partial charge in [0.1, 0.15) is 5.82 Å². The second-order valence-electron chi connectivity index (χ2n) is 5.37. The predicted molar refractivity (Wildman–Crippen MR) is 95.3 cm³/mol. The summed E-state index contributed by atoms with van der Waals surface area (Å²) in [6, 6.07) is 11.8. The third-order valence-electron chi connectivity index (χ3n) is 3.81. The Hall–Kier alpha value is -2.86. The van der Waals surface area contributed by atoms with Gasteiger partial charge in [0.25, 0.3) is 5.91 Å². The molecule has 3 aromatic rings. The molecule has 0 spiro atoms. The summed E-state index contributed by atoms with van der Waals surface area (Å²) in [4.78, 5) is 19.8. The van der Waals surface area contributed by atoms with Crippen LogP contribution in [-0.2, 0) is 4.74 Å². The van der Waals surface area contributed by atoms with Gasteiger partial charge in [-0.3, -0.25) is 4.79 Å². The van der Waals surface area contributed by atoms with Gasteiger partial charge in [0.15, 0.2) is 0 Å². The zero-order valence-corrected chi connectivity index (χ0v) is 13.7. The quantitative estimate of drug-likeness (QED) is 0.609. The lowest BCUT2D eigenvalue weighted by Gasteiger charge is -2.12. The molecule has 24 heavy (non-hydrogen) atoms. The third kappa shape index (κ3) is 3.23. The van der Waals surface area contributed by atoms with E-state index in [1.807, 2.05) is 30.5 Å². The Morgan fingerprint density at radius 3 is 2.92 bits per heavy atom. The van der Waals surface area contributed by atoms with Gasteiger partial charge >= 0.3 is 0 Å². The number of anilines is 1. The molecule has 0 radical (unpaired) electrons. The van der Waals surface area contributed by atoms with Gasteiger partial charge < -0.3 is 20.4 Å². The highest BCUT2D eigenvalue weighted by Crippen LogP contribution is 2.25. The van der Waals surface area contributed by atoms with Crippen LogP contribution in [0.2, 0.25) is 0 Å². The lowest BCUT2D eigenvalue weighted by molar-refractivity contribution is 0.0963. The first-order valence-electron chi connectivity index (χ1n) is 7.76. The molecule has 6 nitrogen and oxygen atoms in total. The molecule has 0 saturated heterocycles. The minimum Gasteiger partial charge on any atom is -0.383 e. The van der Waals surface area contributed by atoms with Crippen LogP contribution >= 0.6 is 0 Å². The molecular formula is C18H20N4O2. The number of carbonyl (C=O) groups is 1. The van der Waals surface area contributed by atoms with Crippen LogP contribution < -0.4 is 10.6 Å². The van der Waals surface area contributed by atoms with Gasteiger partial charge in [-0.15, -0.1) is 0 Å². The summed E-state index contributed by atoms with van der Waals surface area (Å²) in [6.07, 6.45) is 1.91. The maximum absolute atomic E-state index is 12.0. The van der Waals surface area contributed by atoms with Crippen molar-refractivity contribution in [2.45, 2.75) is 0 Å². The molecule has 0 atom stereocenters. The van der Waals surface area contributed by atoms with E-state index in [0.717, 1.165) is 22.2 Å². The van der Waals surface area contributed by atoms with E-state index in [1.165, 1.54) is 0 Å². The average Bonchev–Trinajstić information content (AvgIpc) is 3.09. The molecule has 2 aromatic heterocycles. The molecular weight excluding hydrogens is 304 g/mol. The first-order chi connectivity index (χ1) is 11.7. The second-order valence-corrected chi connectivity index (χ2v) is 5.37. The van der Waals surface area contributed by atoms with Crippen LogP contribution in [-0.4, -0.2) is 43.2 Å². The monoisotopic (exact) mass is 324 g/mol. The van der Waals surface area contributed by atoms with Crippen molar-refractivity contribution in [2.75, 3.05) is 32.6 Å². The lowest BCUT2D eigenvalue weighted by atomic mass is 10.1. The van der Waals surface area contributed by atoms with Gasteiger partial charge in [0.2, 0.25) is 0 Å². The average molecular weight is 324 g/mol. The summed E-state index contributed by atoms with van der Waals surface area (Å²) in [5, 5.41) is 6.93. The number of H-pyrrole nitrogens is 1. The number of hydrogen-bond donors (Lipinski definition) is 3. The molecule has 0 saturated carbocycles. The molecule has 0 aliphatic rings. The van der Waals surface area contributed by atoms with E-state index in [4.69, 9.17) is 4.74 Å². The highest BCUT2D eigenvalue weighted by atomic mass is 16.5. The normalized spacial score (nSPS) is 10.8. The van der Waals surface area contributed by atoms with E-state index in [9.17, 15) is 4.79 Å². The standard InChI is InChI=1S/C18H20N4O2/c1-19-18(23)14-4-6-16(22-17(14)21-9-10-24-2)12-3-5-15-13(11-12)7-8-20-15/h3-8,11,20H,9-10H2,1-2H3,(H,19,23)(H,21,22). The number of pyridine rings is 1. The number of aromatic nitrogens is 2. The lowest BCUT2D eigenvalue weighted by Crippen LogP contribution is -2.21. The maximum atomic E-state index is 12.0. The predicted octanol–water partition coefficient (Wildman–Crippen LogP) is 2.65. The molecule has 6 heteroatoms. The number of benzene rings is 1. The summed E-state index contributed by atoms with van der Waals surface area (Å²) >= 11 is 0. The summed E-state index contributed by atoms with van der Waals surface area (Å²) in [7, 11) is 3.24. The molecule has 124 valence electrons. The van der Waals surface area contributed by atoms with E-state index in [1.54, 1.807) is 20.2 Å². The van der Waals surface area contributed by atoms with E-state index in [0.29, 0.717) is 24.5 Å². The fourth-order valence-corrected chi connectivity index (χ4v) is 2.56.